The molecular weight excluding hydrogens is 279 g/mol. The van der Waals surface area contributed by atoms with E-state index in [1.165, 1.54) is 19.1 Å². The van der Waals surface area contributed by atoms with Gasteiger partial charge in [-0.2, -0.15) is 4.31 Å². The van der Waals surface area contributed by atoms with Crippen molar-refractivity contribution in [2.75, 3.05) is 6.54 Å². The van der Waals surface area contributed by atoms with Crippen LogP contribution in [0.2, 0.25) is 0 Å². The quantitative estimate of drug-likeness (QED) is 0.925. The maximum Gasteiger partial charge on any atom is 0.243 e. The molecule has 2 fully saturated rings. The highest BCUT2D eigenvalue weighted by atomic mass is 32.2. The Morgan fingerprint density at radius 3 is 2.70 bits per heavy atom. The van der Waals surface area contributed by atoms with Gasteiger partial charge in [0.25, 0.3) is 0 Å². The zero-order chi connectivity index (χ0) is 14.5. The Morgan fingerprint density at radius 2 is 2.15 bits per heavy atom. The first-order valence-electron chi connectivity index (χ1n) is 6.94. The van der Waals surface area contributed by atoms with E-state index in [-0.39, 0.29) is 23.0 Å². The topological polar surface area (TPSA) is 63.4 Å². The fraction of sp³-hybridized carbons (Fsp3) is 0.571. The van der Waals surface area contributed by atoms with Crippen molar-refractivity contribution in [2.24, 2.45) is 11.7 Å². The summed E-state index contributed by atoms with van der Waals surface area (Å²) in [5.41, 5.74) is 6.22. The van der Waals surface area contributed by atoms with Gasteiger partial charge in [0.05, 0.1) is 4.90 Å². The molecule has 110 valence electrons. The molecule has 1 aromatic carbocycles. The summed E-state index contributed by atoms with van der Waals surface area (Å²) in [6, 6.07) is 2.92. The lowest BCUT2D eigenvalue weighted by Gasteiger charge is -2.27. The van der Waals surface area contributed by atoms with Crippen LogP contribution in [0.3, 0.4) is 0 Å². The molecule has 1 saturated heterocycles. The number of fused-ring (bicyclic) bond motifs is 2. The van der Waals surface area contributed by atoms with Crippen molar-refractivity contribution in [3.05, 3.63) is 29.1 Å². The molecule has 4 nitrogen and oxygen atoms in total. The van der Waals surface area contributed by atoms with Crippen molar-refractivity contribution in [1.29, 1.82) is 0 Å². The Morgan fingerprint density at radius 1 is 1.40 bits per heavy atom. The van der Waals surface area contributed by atoms with E-state index in [1.54, 1.807) is 4.31 Å². The highest BCUT2D eigenvalue weighted by Crippen LogP contribution is 2.41. The number of halogens is 1. The molecule has 2 aliphatic rings. The van der Waals surface area contributed by atoms with Gasteiger partial charge in [-0.15, -0.1) is 0 Å². The summed E-state index contributed by atoms with van der Waals surface area (Å²) in [6.07, 6.45) is 2.96. The number of hydrogen-bond acceptors (Lipinski definition) is 3. The van der Waals surface area contributed by atoms with Crippen LogP contribution in [0.1, 0.15) is 30.4 Å². The molecular formula is C14H19FN2O2S. The van der Waals surface area contributed by atoms with Crippen molar-refractivity contribution < 1.29 is 12.8 Å². The van der Waals surface area contributed by atoms with Gasteiger partial charge in [0.2, 0.25) is 10.0 Å². The number of hydrogen-bond donors (Lipinski definition) is 1. The fourth-order valence-electron chi connectivity index (χ4n) is 3.39. The Hall–Kier alpha value is -0.980. The van der Waals surface area contributed by atoms with Gasteiger partial charge >= 0.3 is 0 Å². The molecule has 0 radical (unpaired) electrons. The van der Waals surface area contributed by atoms with Crippen molar-refractivity contribution in [3.8, 4) is 0 Å². The van der Waals surface area contributed by atoms with Crippen molar-refractivity contribution in [1.82, 2.24) is 4.31 Å². The van der Waals surface area contributed by atoms with E-state index in [2.05, 4.69) is 0 Å². The third-order valence-electron chi connectivity index (χ3n) is 4.54. The second-order valence-corrected chi connectivity index (χ2v) is 7.67. The standard InChI is InChI=1S/C14H19FN2O2S/c1-9-13(15)5-11(7-16)6-14(9)20(18,19)17-8-10-2-3-12(17)4-10/h5-6,10,12H,2-4,7-8,16H2,1H3. The molecule has 1 aromatic rings. The Bertz CT molecular complexity index is 645. The second-order valence-electron chi connectivity index (χ2n) is 5.81. The molecule has 2 N–H and O–H groups in total. The predicted molar refractivity (Wildman–Crippen MR) is 74.0 cm³/mol. The first-order chi connectivity index (χ1) is 9.43. The molecule has 20 heavy (non-hydrogen) atoms. The second kappa shape index (κ2) is 4.79. The molecule has 1 aliphatic carbocycles. The van der Waals surface area contributed by atoms with E-state index in [0.717, 1.165) is 19.3 Å². The molecule has 1 saturated carbocycles. The molecule has 0 aromatic heterocycles. The number of sulfonamides is 1. The van der Waals surface area contributed by atoms with E-state index in [1.807, 2.05) is 0 Å². The van der Waals surface area contributed by atoms with E-state index in [9.17, 15) is 12.8 Å². The summed E-state index contributed by atoms with van der Waals surface area (Å²) in [5.74, 6) is -0.0338. The molecule has 1 aliphatic heterocycles. The third kappa shape index (κ3) is 2.06. The van der Waals surface area contributed by atoms with Gasteiger partial charge in [0.15, 0.2) is 0 Å². The van der Waals surface area contributed by atoms with E-state index < -0.39 is 15.8 Å². The normalized spacial score (nSPS) is 26.4. The Labute approximate surface area is 118 Å². The number of piperidine rings is 1. The van der Waals surface area contributed by atoms with Gasteiger partial charge in [-0.3, -0.25) is 0 Å². The lowest BCUT2D eigenvalue weighted by atomic mass is 10.1. The summed E-state index contributed by atoms with van der Waals surface area (Å²) in [7, 11) is -3.62. The maximum atomic E-state index is 13.9. The van der Waals surface area contributed by atoms with Crippen LogP contribution in [0.15, 0.2) is 17.0 Å². The molecule has 3 rings (SSSR count). The van der Waals surface area contributed by atoms with Crippen LogP contribution in [-0.4, -0.2) is 25.3 Å². The Kier molecular flexibility index (Phi) is 3.35. The van der Waals surface area contributed by atoms with Crippen LogP contribution >= 0.6 is 0 Å². The molecule has 6 heteroatoms. The average molecular weight is 298 g/mol. The molecule has 0 amide bonds. The number of benzene rings is 1. The minimum atomic E-state index is -3.62. The highest BCUT2D eigenvalue weighted by Gasteiger charge is 2.44. The number of nitrogens with zero attached hydrogens (tertiary/aromatic N) is 1. The Balaban J connectivity index is 2.05. The lowest BCUT2D eigenvalue weighted by molar-refractivity contribution is 0.333. The van der Waals surface area contributed by atoms with Crippen molar-refractivity contribution in [2.45, 2.75) is 43.7 Å². The number of rotatable bonds is 3. The largest absolute Gasteiger partial charge is 0.326 e. The fourth-order valence-corrected chi connectivity index (χ4v) is 5.42. The molecule has 2 bridgehead atoms. The van der Waals surface area contributed by atoms with Crippen LogP contribution in [0, 0.1) is 18.7 Å². The predicted octanol–water partition coefficient (Wildman–Crippen LogP) is 1.77. The van der Waals surface area contributed by atoms with Gasteiger partial charge in [-0.05, 0) is 49.8 Å². The van der Waals surface area contributed by atoms with Crippen LogP contribution in [0.25, 0.3) is 0 Å². The van der Waals surface area contributed by atoms with Crippen LogP contribution < -0.4 is 5.73 Å². The van der Waals surface area contributed by atoms with E-state index in [0.29, 0.717) is 18.0 Å². The van der Waals surface area contributed by atoms with Gasteiger partial charge in [0, 0.05) is 24.7 Å². The van der Waals surface area contributed by atoms with E-state index in [4.69, 9.17) is 5.73 Å². The molecule has 2 unspecified atom stereocenters. The SMILES string of the molecule is Cc1c(F)cc(CN)cc1S(=O)(=O)N1CC2CCC1C2. The average Bonchev–Trinajstić information content (AvgIpc) is 3.04. The first kappa shape index (κ1) is 14.0. The van der Waals surface area contributed by atoms with Gasteiger partial charge < -0.3 is 5.73 Å². The minimum absolute atomic E-state index is 0.0745. The third-order valence-corrected chi connectivity index (χ3v) is 6.58. The van der Waals surface area contributed by atoms with Gasteiger partial charge in [0.1, 0.15) is 5.82 Å². The summed E-state index contributed by atoms with van der Waals surface area (Å²) in [6.45, 7) is 2.21. The zero-order valence-electron chi connectivity index (χ0n) is 11.5. The van der Waals surface area contributed by atoms with Crippen molar-refractivity contribution in [3.63, 3.8) is 0 Å². The van der Waals surface area contributed by atoms with Gasteiger partial charge in [-0.1, -0.05) is 0 Å². The summed E-state index contributed by atoms with van der Waals surface area (Å²) >= 11 is 0. The van der Waals surface area contributed by atoms with Crippen LogP contribution in [0.5, 0.6) is 0 Å². The lowest BCUT2D eigenvalue weighted by Crippen LogP contribution is -2.38. The zero-order valence-corrected chi connectivity index (χ0v) is 12.3. The molecule has 2 atom stereocenters. The van der Waals surface area contributed by atoms with Crippen molar-refractivity contribution >= 4 is 10.0 Å². The highest BCUT2D eigenvalue weighted by molar-refractivity contribution is 7.89. The first-order valence-corrected chi connectivity index (χ1v) is 8.38. The maximum absolute atomic E-state index is 13.9. The van der Waals surface area contributed by atoms with Crippen LogP contribution in [0.4, 0.5) is 4.39 Å². The monoisotopic (exact) mass is 298 g/mol. The van der Waals surface area contributed by atoms with Crippen LogP contribution in [-0.2, 0) is 16.6 Å². The minimum Gasteiger partial charge on any atom is -0.326 e. The summed E-state index contributed by atoms with van der Waals surface area (Å²) < 4.78 is 41.0. The van der Waals surface area contributed by atoms with E-state index >= 15 is 0 Å². The summed E-state index contributed by atoms with van der Waals surface area (Å²) in [5, 5.41) is 0. The molecule has 0 spiro atoms. The summed E-state index contributed by atoms with van der Waals surface area (Å²) in [4.78, 5) is 0.0745. The number of nitrogens with two attached hydrogens (primary N) is 1. The van der Waals surface area contributed by atoms with Gasteiger partial charge in [-0.25, -0.2) is 12.8 Å². The molecule has 1 heterocycles. The smallest absolute Gasteiger partial charge is 0.243 e.